The van der Waals surface area contributed by atoms with E-state index in [-0.39, 0.29) is 0 Å². The van der Waals surface area contributed by atoms with E-state index < -0.39 is 0 Å². The van der Waals surface area contributed by atoms with Gasteiger partial charge in [0.05, 0.1) is 0 Å². The van der Waals surface area contributed by atoms with Crippen LogP contribution >= 0.6 is 0 Å². The summed E-state index contributed by atoms with van der Waals surface area (Å²) in [6.45, 7) is 0. The minimum absolute atomic E-state index is 0.898. The number of hydrogen-bond donors (Lipinski definition) is 0. The lowest BCUT2D eigenvalue weighted by molar-refractivity contribution is 0.670. The topological polar surface area (TPSA) is 16.4 Å². The molecular formula is C46H31NO. The molecule has 0 radical (unpaired) electrons. The lowest BCUT2D eigenvalue weighted by Gasteiger charge is -2.26. The molecule has 0 aliphatic rings. The average Bonchev–Trinajstić information content (AvgIpc) is 3.54. The summed E-state index contributed by atoms with van der Waals surface area (Å²) in [4.78, 5) is 2.35. The number of hydrogen-bond acceptors (Lipinski definition) is 2. The van der Waals surface area contributed by atoms with Crippen molar-refractivity contribution in [3.63, 3.8) is 0 Å². The Balaban J connectivity index is 1.13. The van der Waals surface area contributed by atoms with Gasteiger partial charge in [-0.05, 0) is 87.1 Å². The minimum Gasteiger partial charge on any atom is -0.455 e. The second-order valence-corrected chi connectivity index (χ2v) is 12.2. The zero-order valence-electron chi connectivity index (χ0n) is 26.3. The van der Waals surface area contributed by atoms with Crippen LogP contribution in [0.15, 0.2) is 192 Å². The van der Waals surface area contributed by atoms with Crippen LogP contribution in [-0.2, 0) is 0 Å². The van der Waals surface area contributed by atoms with Crippen LogP contribution in [0.25, 0.3) is 66.1 Å². The molecule has 8 aromatic carbocycles. The maximum Gasteiger partial charge on any atom is 0.143 e. The Morgan fingerprint density at radius 1 is 0.333 bits per heavy atom. The van der Waals surface area contributed by atoms with E-state index in [1.165, 1.54) is 21.9 Å². The van der Waals surface area contributed by atoms with Crippen molar-refractivity contribution in [2.45, 2.75) is 0 Å². The molecule has 2 heteroatoms. The third-order valence-corrected chi connectivity index (χ3v) is 9.24. The summed E-state index contributed by atoms with van der Waals surface area (Å²) in [7, 11) is 0. The first-order valence-electron chi connectivity index (χ1n) is 16.3. The van der Waals surface area contributed by atoms with Gasteiger partial charge in [0.1, 0.15) is 11.2 Å². The monoisotopic (exact) mass is 613 g/mol. The van der Waals surface area contributed by atoms with Gasteiger partial charge in [0, 0.05) is 33.4 Å². The van der Waals surface area contributed by atoms with Gasteiger partial charge >= 0.3 is 0 Å². The maximum atomic E-state index is 6.44. The zero-order chi connectivity index (χ0) is 31.9. The molecule has 9 rings (SSSR count). The Morgan fingerprint density at radius 2 is 0.938 bits per heavy atom. The quantitative estimate of drug-likeness (QED) is 0.185. The fraction of sp³-hybridized carbons (Fsp3) is 0. The van der Waals surface area contributed by atoms with Gasteiger partial charge in [-0.1, -0.05) is 140 Å². The molecule has 48 heavy (non-hydrogen) atoms. The minimum atomic E-state index is 0.898. The molecule has 0 unspecified atom stereocenters. The van der Waals surface area contributed by atoms with Crippen molar-refractivity contribution in [3.8, 4) is 33.4 Å². The van der Waals surface area contributed by atoms with Crippen LogP contribution in [0.1, 0.15) is 0 Å². The Labute approximate surface area is 279 Å². The molecular weight excluding hydrogens is 583 g/mol. The van der Waals surface area contributed by atoms with Crippen LogP contribution in [0.3, 0.4) is 0 Å². The van der Waals surface area contributed by atoms with Gasteiger partial charge in [-0.25, -0.2) is 0 Å². The number of para-hydroxylation sites is 1. The van der Waals surface area contributed by atoms with Crippen molar-refractivity contribution < 1.29 is 4.42 Å². The van der Waals surface area contributed by atoms with Crippen LogP contribution in [0.4, 0.5) is 17.1 Å². The van der Waals surface area contributed by atoms with Gasteiger partial charge in [-0.15, -0.1) is 0 Å². The lowest BCUT2D eigenvalue weighted by atomic mass is 10.00. The molecule has 226 valence electrons. The summed E-state index contributed by atoms with van der Waals surface area (Å²) >= 11 is 0. The Bertz CT molecular complexity index is 2550. The highest BCUT2D eigenvalue weighted by atomic mass is 16.3. The third-order valence-electron chi connectivity index (χ3n) is 9.24. The summed E-state index contributed by atoms with van der Waals surface area (Å²) < 4.78 is 6.44. The van der Waals surface area contributed by atoms with Gasteiger partial charge in [-0.2, -0.15) is 0 Å². The highest BCUT2D eigenvalue weighted by molar-refractivity contribution is 6.10. The van der Waals surface area contributed by atoms with E-state index in [0.29, 0.717) is 0 Å². The van der Waals surface area contributed by atoms with Crippen molar-refractivity contribution in [2.24, 2.45) is 0 Å². The van der Waals surface area contributed by atoms with Gasteiger partial charge in [0.2, 0.25) is 0 Å². The average molecular weight is 614 g/mol. The largest absolute Gasteiger partial charge is 0.455 e. The molecule has 2 nitrogen and oxygen atoms in total. The summed E-state index contributed by atoms with van der Waals surface area (Å²) in [5.41, 5.74) is 12.1. The number of rotatable bonds is 6. The highest BCUT2D eigenvalue weighted by Gasteiger charge is 2.16. The summed E-state index contributed by atoms with van der Waals surface area (Å²) in [5, 5.41) is 4.70. The molecule has 0 aliphatic carbocycles. The van der Waals surface area contributed by atoms with Crippen molar-refractivity contribution >= 4 is 49.8 Å². The van der Waals surface area contributed by atoms with E-state index in [1.54, 1.807) is 0 Å². The molecule has 0 saturated heterocycles. The molecule has 0 N–H and O–H groups in total. The van der Waals surface area contributed by atoms with Gasteiger partial charge in [0.15, 0.2) is 0 Å². The van der Waals surface area contributed by atoms with Crippen molar-refractivity contribution in [1.29, 1.82) is 0 Å². The fourth-order valence-corrected chi connectivity index (χ4v) is 6.84. The molecule has 0 saturated carbocycles. The maximum absolute atomic E-state index is 6.44. The first-order chi connectivity index (χ1) is 23.8. The van der Waals surface area contributed by atoms with Crippen LogP contribution < -0.4 is 4.90 Å². The molecule has 0 fully saturated rings. The second-order valence-electron chi connectivity index (χ2n) is 12.2. The first-order valence-corrected chi connectivity index (χ1v) is 16.3. The van der Waals surface area contributed by atoms with Crippen molar-refractivity contribution in [1.82, 2.24) is 0 Å². The molecule has 0 aliphatic heterocycles. The first kappa shape index (κ1) is 27.9. The molecule has 1 aromatic heterocycles. The van der Waals surface area contributed by atoms with Crippen LogP contribution in [-0.4, -0.2) is 0 Å². The molecule has 0 spiro atoms. The smallest absolute Gasteiger partial charge is 0.143 e. The van der Waals surface area contributed by atoms with E-state index in [1.807, 2.05) is 6.07 Å². The SMILES string of the molecule is c1ccc(-c2cccc(N(c3ccc(-c4ccc5oc6c(-c7ccccc7)cccc6c5c4)cc3)c3ccc4ccccc4c3)c2)cc1. The zero-order valence-corrected chi connectivity index (χ0v) is 26.3. The summed E-state index contributed by atoms with van der Waals surface area (Å²) in [6.07, 6.45) is 0. The number of furan rings is 1. The van der Waals surface area contributed by atoms with Gasteiger partial charge in [-0.3, -0.25) is 0 Å². The fourth-order valence-electron chi connectivity index (χ4n) is 6.84. The van der Waals surface area contributed by atoms with Gasteiger partial charge < -0.3 is 9.32 Å². The molecule has 9 aromatic rings. The van der Waals surface area contributed by atoms with Crippen molar-refractivity contribution in [2.75, 3.05) is 4.90 Å². The molecule has 0 amide bonds. The standard InChI is InChI=1S/C46H31NO/c1-3-11-32(12-4-1)37-17-9-18-40(29-37)47(41-27-23-33-13-7-8-16-36(33)30-41)39-25-21-34(22-26-39)38-24-28-45-44(31-38)43-20-10-19-42(46(43)48-45)35-14-5-2-6-15-35/h1-31H. The van der Waals surface area contributed by atoms with E-state index in [4.69, 9.17) is 4.42 Å². The molecule has 0 atom stereocenters. The number of fused-ring (bicyclic) bond motifs is 4. The Hall–Kier alpha value is -6.38. The Kier molecular flexibility index (Phi) is 6.84. The van der Waals surface area contributed by atoms with E-state index in [9.17, 15) is 0 Å². The third kappa shape index (κ3) is 5.01. The predicted molar refractivity (Wildman–Crippen MR) is 202 cm³/mol. The van der Waals surface area contributed by atoms with Crippen LogP contribution in [0, 0.1) is 0 Å². The second kappa shape index (κ2) is 11.8. The Morgan fingerprint density at radius 3 is 1.75 bits per heavy atom. The summed E-state index contributed by atoms with van der Waals surface area (Å²) in [6, 6.07) is 66.9. The molecule has 0 bridgehead atoms. The predicted octanol–water partition coefficient (Wildman–Crippen LogP) is 13.2. The highest BCUT2D eigenvalue weighted by Crippen LogP contribution is 2.40. The number of anilines is 3. The summed E-state index contributed by atoms with van der Waals surface area (Å²) in [5.74, 6) is 0. The van der Waals surface area contributed by atoms with Gasteiger partial charge in [0.25, 0.3) is 0 Å². The van der Waals surface area contributed by atoms with E-state index in [2.05, 4.69) is 187 Å². The normalized spacial score (nSPS) is 11.3. The lowest BCUT2D eigenvalue weighted by Crippen LogP contribution is -2.10. The number of benzene rings is 8. The van der Waals surface area contributed by atoms with E-state index >= 15 is 0 Å². The van der Waals surface area contributed by atoms with Crippen LogP contribution in [0.2, 0.25) is 0 Å². The number of nitrogens with zero attached hydrogens (tertiary/aromatic N) is 1. The molecule has 1 heterocycles. The van der Waals surface area contributed by atoms with E-state index in [0.717, 1.165) is 61.3 Å². The van der Waals surface area contributed by atoms with Crippen molar-refractivity contribution in [3.05, 3.63) is 188 Å². The van der Waals surface area contributed by atoms with Crippen LogP contribution in [0.5, 0.6) is 0 Å².